The minimum Gasteiger partial charge on any atom is -0.387 e. The van der Waals surface area contributed by atoms with Gasteiger partial charge >= 0.3 is 6.18 Å². The van der Waals surface area contributed by atoms with E-state index in [0.717, 1.165) is 11.1 Å². The van der Waals surface area contributed by atoms with Crippen LogP contribution < -0.4 is 0 Å². The molecule has 118 valence electrons. The van der Waals surface area contributed by atoms with Gasteiger partial charge in [-0.05, 0) is 12.5 Å². The second-order valence-corrected chi connectivity index (χ2v) is 5.62. The van der Waals surface area contributed by atoms with Gasteiger partial charge in [-0.25, -0.2) is 0 Å². The third-order valence-electron chi connectivity index (χ3n) is 3.76. The van der Waals surface area contributed by atoms with Crippen LogP contribution in [0.2, 0.25) is 0 Å². The van der Waals surface area contributed by atoms with E-state index in [1.54, 1.807) is 0 Å². The van der Waals surface area contributed by atoms with Crippen molar-refractivity contribution in [3.63, 3.8) is 0 Å². The van der Waals surface area contributed by atoms with Crippen LogP contribution >= 0.6 is 0 Å². The summed E-state index contributed by atoms with van der Waals surface area (Å²) in [6.45, 7) is 3.48. The fraction of sp³-hybridized carbons (Fsp3) is 0.600. The molecule has 1 atom stereocenters. The molecule has 1 saturated heterocycles. The standard InChI is InChI=1S/C15H21F3N2O/c1-12-2-4-13(5-3-12)14(21)10-19-6-8-20(9-7-19)11-15(16,17)18/h2-5,14,21H,6-11H2,1H3. The number of aryl methyl sites for hydroxylation is 1. The zero-order valence-electron chi connectivity index (χ0n) is 12.1. The Morgan fingerprint density at radius 2 is 1.57 bits per heavy atom. The third kappa shape index (κ3) is 5.30. The first kappa shape index (κ1) is 16.3. The maximum Gasteiger partial charge on any atom is 0.401 e. The average Bonchev–Trinajstić information content (AvgIpc) is 2.40. The lowest BCUT2D eigenvalue weighted by molar-refractivity contribution is -0.149. The molecule has 1 heterocycles. The summed E-state index contributed by atoms with van der Waals surface area (Å²) in [6, 6.07) is 7.67. The molecule has 1 aliphatic rings. The number of halogens is 3. The van der Waals surface area contributed by atoms with E-state index in [9.17, 15) is 18.3 Å². The lowest BCUT2D eigenvalue weighted by Gasteiger charge is -2.35. The van der Waals surface area contributed by atoms with E-state index in [2.05, 4.69) is 0 Å². The van der Waals surface area contributed by atoms with Crippen molar-refractivity contribution < 1.29 is 18.3 Å². The molecule has 1 aliphatic heterocycles. The second-order valence-electron chi connectivity index (χ2n) is 5.62. The van der Waals surface area contributed by atoms with Crippen LogP contribution in [0.15, 0.2) is 24.3 Å². The molecule has 0 aromatic heterocycles. The monoisotopic (exact) mass is 302 g/mol. The molecule has 1 fully saturated rings. The van der Waals surface area contributed by atoms with Crippen LogP contribution in [-0.2, 0) is 0 Å². The minimum absolute atomic E-state index is 0.389. The number of hydrogen-bond acceptors (Lipinski definition) is 3. The van der Waals surface area contributed by atoms with Gasteiger partial charge in [-0.15, -0.1) is 0 Å². The Hall–Kier alpha value is -1.11. The normalized spacial score (nSPS) is 19.7. The number of nitrogens with zero attached hydrogens (tertiary/aromatic N) is 2. The van der Waals surface area contributed by atoms with Gasteiger partial charge in [0, 0.05) is 32.7 Å². The van der Waals surface area contributed by atoms with E-state index in [0.29, 0.717) is 32.7 Å². The molecule has 0 amide bonds. The summed E-state index contributed by atoms with van der Waals surface area (Å²) in [5.41, 5.74) is 1.98. The molecular formula is C15H21F3N2O. The van der Waals surface area contributed by atoms with E-state index < -0.39 is 18.8 Å². The van der Waals surface area contributed by atoms with Crippen molar-refractivity contribution in [3.8, 4) is 0 Å². The summed E-state index contributed by atoms with van der Waals surface area (Å²) in [5.74, 6) is 0. The first-order valence-corrected chi connectivity index (χ1v) is 7.09. The molecule has 0 radical (unpaired) electrons. The molecule has 0 aliphatic carbocycles. The summed E-state index contributed by atoms with van der Waals surface area (Å²) < 4.78 is 36.9. The predicted molar refractivity (Wildman–Crippen MR) is 75.1 cm³/mol. The summed E-state index contributed by atoms with van der Waals surface area (Å²) in [4.78, 5) is 3.42. The third-order valence-corrected chi connectivity index (χ3v) is 3.76. The summed E-state index contributed by atoms with van der Waals surface area (Å²) in [6.07, 6.45) is -4.73. The molecule has 1 N–H and O–H groups in total. The lowest BCUT2D eigenvalue weighted by atomic mass is 10.1. The van der Waals surface area contributed by atoms with Crippen LogP contribution in [0.3, 0.4) is 0 Å². The van der Waals surface area contributed by atoms with Crippen LogP contribution in [0.1, 0.15) is 17.2 Å². The molecule has 3 nitrogen and oxygen atoms in total. The average molecular weight is 302 g/mol. The van der Waals surface area contributed by atoms with Crippen LogP contribution in [0, 0.1) is 6.92 Å². The zero-order chi connectivity index (χ0) is 15.5. The number of aliphatic hydroxyl groups is 1. The molecule has 21 heavy (non-hydrogen) atoms. The fourth-order valence-corrected chi connectivity index (χ4v) is 2.52. The van der Waals surface area contributed by atoms with Crippen molar-refractivity contribution in [2.45, 2.75) is 19.2 Å². The molecule has 1 aromatic rings. The van der Waals surface area contributed by atoms with Gasteiger partial charge < -0.3 is 5.11 Å². The van der Waals surface area contributed by atoms with Gasteiger partial charge in [-0.1, -0.05) is 29.8 Å². The van der Waals surface area contributed by atoms with Crippen LogP contribution in [-0.4, -0.2) is 60.4 Å². The Labute approximate surface area is 123 Å². The van der Waals surface area contributed by atoms with Gasteiger partial charge in [0.05, 0.1) is 12.6 Å². The van der Waals surface area contributed by atoms with E-state index in [1.807, 2.05) is 36.1 Å². The number of benzene rings is 1. The number of hydrogen-bond donors (Lipinski definition) is 1. The topological polar surface area (TPSA) is 26.7 Å². The van der Waals surface area contributed by atoms with E-state index in [-0.39, 0.29) is 0 Å². The van der Waals surface area contributed by atoms with Crippen molar-refractivity contribution in [2.75, 3.05) is 39.3 Å². The molecule has 1 unspecified atom stereocenters. The Kier molecular flexibility index (Phi) is 5.24. The van der Waals surface area contributed by atoms with Gasteiger partial charge in [0.2, 0.25) is 0 Å². The van der Waals surface area contributed by atoms with Crippen molar-refractivity contribution in [3.05, 3.63) is 35.4 Å². The largest absolute Gasteiger partial charge is 0.401 e. The van der Waals surface area contributed by atoms with Crippen LogP contribution in [0.4, 0.5) is 13.2 Å². The summed E-state index contributed by atoms with van der Waals surface area (Å²) >= 11 is 0. The number of rotatable bonds is 4. The Morgan fingerprint density at radius 1 is 1.05 bits per heavy atom. The molecule has 0 spiro atoms. The molecule has 1 aromatic carbocycles. The van der Waals surface area contributed by atoms with E-state index >= 15 is 0 Å². The summed E-state index contributed by atoms with van der Waals surface area (Å²) in [5, 5.41) is 10.2. The lowest BCUT2D eigenvalue weighted by Crippen LogP contribution is -2.49. The highest BCUT2D eigenvalue weighted by molar-refractivity contribution is 5.23. The number of aliphatic hydroxyl groups excluding tert-OH is 1. The maximum atomic E-state index is 12.3. The highest BCUT2D eigenvalue weighted by atomic mass is 19.4. The zero-order valence-corrected chi connectivity index (χ0v) is 12.1. The Balaban J connectivity index is 1.79. The van der Waals surface area contributed by atoms with E-state index in [1.165, 1.54) is 4.90 Å². The van der Waals surface area contributed by atoms with Gasteiger partial charge in [0.1, 0.15) is 0 Å². The molecule has 0 bridgehead atoms. The van der Waals surface area contributed by atoms with Crippen LogP contribution in [0.25, 0.3) is 0 Å². The first-order valence-electron chi connectivity index (χ1n) is 7.09. The Bertz CT molecular complexity index is 439. The van der Waals surface area contributed by atoms with Crippen molar-refractivity contribution in [2.24, 2.45) is 0 Å². The molecule has 0 saturated carbocycles. The maximum absolute atomic E-state index is 12.3. The Morgan fingerprint density at radius 3 is 2.10 bits per heavy atom. The molecule has 2 rings (SSSR count). The molecular weight excluding hydrogens is 281 g/mol. The van der Waals surface area contributed by atoms with Crippen molar-refractivity contribution in [1.29, 1.82) is 0 Å². The molecule has 6 heteroatoms. The highest BCUT2D eigenvalue weighted by Gasteiger charge is 2.32. The van der Waals surface area contributed by atoms with Crippen LogP contribution in [0.5, 0.6) is 0 Å². The SMILES string of the molecule is Cc1ccc(C(O)CN2CCN(CC(F)(F)F)CC2)cc1. The van der Waals surface area contributed by atoms with Gasteiger partial charge in [0.15, 0.2) is 0 Å². The second kappa shape index (κ2) is 6.77. The van der Waals surface area contributed by atoms with Gasteiger partial charge in [-0.2, -0.15) is 13.2 Å². The number of piperazine rings is 1. The number of β-amino-alcohol motifs (C(OH)–C–C–N with tert-alkyl or cyclic N) is 1. The quantitative estimate of drug-likeness (QED) is 0.924. The highest BCUT2D eigenvalue weighted by Crippen LogP contribution is 2.19. The smallest absolute Gasteiger partial charge is 0.387 e. The minimum atomic E-state index is -4.14. The fourth-order valence-electron chi connectivity index (χ4n) is 2.52. The van der Waals surface area contributed by atoms with Crippen molar-refractivity contribution >= 4 is 0 Å². The van der Waals surface area contributed by atoms with E-state index in [4.69, 9.17) is 0 Å². The predicted octanol–water partition coefficient (Wildman–Crippen LogP) is 2.21. The van der Waals surface area contributed by atoms with Crippen molar-refractivity contribution in [1.82, 2.24) is 9.80 Å². The van der Waals surface area contributed by atoms with Gasteiger partial charge in [0.25, 0.3) is 0 Å². The summed E-state index contributed by atoms with van der Waals surface area (Å²) in [7, 11) is 0. The van der Waals surface area contributed by atoms with Gasteiger partial charge in [-0.3, -0.25) is 9.80 Å². The first-order chi connectivity index (χ1) is 9.83. The number of alkyl halides is 3.